The van der Waals surface area contributed by atoms with Crippen molar-refractivity contribution in [2.24, 2.45) is 5.73 Å². The van der Waals surface area contributed by atoms with Crippen LogP contribution in [0.5, 0.6) is 5.75 Å². The molecule has 0 saturated carbocycles. The normalized spacial score (nSPS) is 13.9. The summed E-state index contributed by atoms with van der Waals surface area (Å²) < 4.78 is 12.1. The van der Waals surface area contributed by atoms with Crippen LogP contribution in [0.2, 0.25) is 13.1 Å². The molecular weight excluding hydrogens is 290 g/mol. The fourth-order valence-electron chi connectivity index (χ4n) is 2.63. The van der Waals surface area contributed by atoms with Crippen LogP contribution in [0.1, 0.15) is 44.6 Å². The molecule has 0 saturated heterocycles. The van der Waals surface area contributed by atoms with Gasteiger partial charge in [-0.15, -0.1) is 0 Å². The summed E-state index contributed by atoms with van der Waals surface area (Å²) in [5, 5.41) is 1.09. The highest BCUT2D eigenvalue weighted by molar-refractivity contribution is 6.49. The molecule has 0 aliphatic heterocycles. The topological polar surface area (TPSA) is 48.4 Å². The van der Waals surface area contributed by atoms with E-state index in [0.29, 0.717) is 0 Å². The summed E-state index contributed by atoms with van der Waals surface area (Å²) in [6.45, 7) is 15.0. The van der Waals surface area contributed by atoms with Gasteiger partial charge in [0.2, 0.25) is 0 Å². The zero-order valence-corrected chi connectivity index (χ0v) is 15.8. The lowest BCUT2D eigenvalue weighted by atomic mass is 9.84. The molecule has 0 amide bonds. The lowest BCUT2D eigenvalue weighted by Crippen LogP contribution is -2.19. The molecule has 1 unspecified atom stereocenters. The summed E-state index contributed by atoms with van der Waals surface area (Å²) in [7, 11) is -0.837. The van der Waals surface area contributed by atoms with Crippen LogP contribution in [-0.2, 0) is 11.8 Å². The van der Waals surface area contributed by atoms with E-state index < -0.39 is 9.04 Å². The van der Waals surface area contributed by atoms with Gasteiger partial charge < -0.3 is 14.6 Å². The largest absolute Gasteiger partial charge is 0.540 e. The number of hydrogen-bond donors (Lipinski definition) is 1. The first-order valence-corrected chi connectivity index (χ1v) is 10.3. The molecule has 121 valence electrons. The van der Waals surface area contributed by atoms with Crippen molar-refractivity contribution in [2.75, 3.05) is 0 Å². The lowest BCUT2D eigenvalue weighted by Gasteiger charge is -2.21. The van der Waals surface area contributed by atoms with Crippen LogP contribution in [0.3, 0.4) is 0 Å². The van der Waals surface area contributed by atoms with Crippen molar-refractivity contribution in [3.8, 4) is 5.75 Å². The predicted molar refractivity (Wildman–Crippen MR) is 95.1 cm³/mol. The van der Waals surface area contributed by atoms with Crippen molar-refractivity contribution >= 4 is 20.0 Å². The van der Waals surface area contributed by atoms with Gasteiger partial charge in [-0.2, -0.15) is 0 Å². The molecule has 1 radical (unpaired) electrons. The number of furan rings is 1. The maximum atomic E-state index is 6.10. The zero-order valence-electron chi connectivity index (χ0n) is 14.8. The molecule has 22 heavy (non-hydrogen) atoms. The summed E-state index contributed by atoms with van der Waals surface area (Å²) in [4.78, 5) is 0. The Hall–Kier alpha value is -1.26. The predicted octanol–water partition coefficient (Wildman–Crippen LogP) is 4.56. The van der Waals surface area contributed by atoms with Gasteiger partial charge in [-0.05, 0) is 56.0 Å². The highest BCUT2D eigenvalue weighted by Gasteiger charge is 2.22. The minimum absolute atomic E-state index is 0.0788. The minimum Gasteiger partial charge on any atom is -0.540 e. The van der Waals surface area contributed by atoms with Gasteiger partial charge in [-0.25, -0.2) is 0 Å². The summed E-state index contributed by atoms with van der Waals surface area (Å²) in [5.41, 5.74) is 9.51. The van der Waals surface area contributed by atoms with Crippen LogP contribution in [0.25, 0.3) is 11.0 Å². The SMILES string of the molecule is Cc1oc2c(CC(C)N)cc(C(C)(C)C)cc2c1O[Si](C)C. The Labute approximate surface area is 135 Å². The van der Waals surface area contributed by atoms with Gasteiger partial charge in [-0.3, -0.25) is 0 Å². The molecule has 0 fully saturated rings. The van der Waals surface area contributed by atoms with Gasteiger partial charge in [0.1, 0.15) is 11.3 Å². The maximum absolute atomic E-state index is 6.10. The van der Waals surface area contributed by atoms with Crippen LogP contribution in [0.15, 0.2) is 16.5 Å². The van der Waals surface area contributed by atoms with Crippen LogP contribution in [0, 0.1) is 6.92 Å². The molecule has 1 aromatic heterocycles. The molecule has 1 heterocycles. The molecule has 2 N–H and O–H groups in total. The van der Waals surface area contributed by atoms with Crippen LogP contribution in [0.4, 0.5) is 0 Å². The van der Waals surface area contributed by atoms with Crippen molar-refractivity contribution in [3.63, 3.8) is 0 Å². The van der Waals surface area contributed by atoms with Gasteiger partial charge in [0.15, 0.2) is 5.75 Å². The Kier molecular flexibility index (Phi) is 4.73. The monoisotopic (exact) mass is 318 g/mol. The van der Waals surface area contributed by atoms with E-state index in [2.05, 4.69) is 46.0 Å². The first-order chi connectivity index (χ1) is 10.1. The minimum atomic E-state index is -0.837. The van der Waals surface area contributed by atoms with Crippen LogP contribution >= 0.6 is 0 Å². The Balaban J connectivity index is 2.71. The number of fused-ring (bicyclic) bond motifs is 1. The Morgan fingerprint density at radius 2 is 1.91 bits per heavy atom. The van der Waals surface area contributed by atoms with Gasteiger partial charge in [-0.1, -0.05) is 26.8 Å². The Morgan fingerprint density at radius 3 is 2.41 bits per heavy atom. The first-order valence-electron chi connectivity index (χ1n) is 7.89. The van der Waals surface area contributed by atoms with Gasteiger partial charge in [0.25, 0.3) is 9.04 Å². The maximum Gasteiger partial charge on any atom is 0.274 e. The number of aryl methyl sites for hydroxylation is 1. The Morgan fingerprint density at radius 1 is 1.27 bits per heavy atom. The molecule has 3 nitrogen and oxygen atoms in total. The van der Waals surface area contributed by atoms with E-state index in [9.17, 15) is 0 Å². The average Bonchev–Trinajstić information content (AvgIpc) is 2.64. The first kappa shape index (κ1) is 17.1. The molecule has 4 heteroatoms. The van der Waals surface area contributed by atoms with E-state index in [1.165, 1.54) is 11.1 Å². The third kappa shape index (κ3) is 3.55. The van der Waals surface area contributed by atoms with Crippen molar-refractivity contribution in [1.29, 1.82) is 0 Å². The van der Waals surface area contributed by atoms with E-state index >= 15 is 0 Å². The highest BCUT2D eigenvalue weighted by atomic mass is 28.3. The Bertz CT molecular complexity index is 666. The number of nitrogens with two attached hydrogens (primary N) is 1. The van der Waals surface area contributed by atoms with E-state index in [0.717, 1.165) is 28.9 Å². The quantitative estimate of drug-likeness (QED) is 0.841. The fraction of sp³-hybridized carbons (Fsp3) is 0.556. The summed E-state index contributed by atoms with van der Waals surface area (Å²) >= 11 is 0. The van der Waals surface area contributed by atoms with E-state index in [4.69, 9.17) is 14.6 Å². The van der Waals surface area contributed by atoms with Crippen molar-refractivity contribution in [3.05, 3.63) is 29.0 Å². The number of benzene rings is 1. The molecule has 0 bridgehead atoms. The second-order valence-corrected chi connectivity index (χ2v) is 9.46. The van der Waals surface area contributed by atoms with Crippen molar-refractivity contribution < 1.29 is 8.84 Å². The van der Waals surface area contributed by atoms with Gasteiger partial charge in [0.05, 0.1) is 5.39 Å². The van der Waals surface area contributed by atoms with Crippen molar-refractivity contribution in [1.82, 2.24) is 0 Å². The lowest BCUT2D eigenvalue weighted by molar-refractivity contribution is 0.518. The molecule has 0 spiro atoms. The smallest absolute Gasteiger partial charge is 0.274 e. The molecule has 1 atom stereocenters. The van der Waals surface area contributed by atoms with E-state index in [1.807, 2.05) is 13.8 Å². The summed E-state index contributed by atoms with van der Waals surface area (Å²) in [6.07, 6.45) is 0.808. The summed E-state index contributed by atoms with van der Waals surface area (Å²) in [6, 6.07) is 4.56. The molecule has 1 aromatic carbocycles. The number of hydrogen-bond acceptors (Lipinski definition) is 3. The molecular formula is C18H28NO2Si. The molecule has 2 aromatic rings. The van der Waals surface area contributed by atoms with Gasteiger partial charge >= 0.3 is 0 Å². The fourth-order valence-corrected chi connectivity index (χ4v) is 3.29. The average molecular weight is 319 g/mol. The second-order valence-electron chi connectivity index (χ2n) is 7.44. The summed E-state index contributed by atoms with van der Waals surface area (Å²) in [5.74, 6) is 1.77. The molecule has 2 rings (SSSR count). The van der Waals surface area contributed by atoms with E-state index in [-0.39, 0.29) is 11.5 Å². The van der Waals surface area contributed by atoms with Crippen LogP contribution < -0.4 is 10.2 Å². The third-order valence-corrected chi connectivity index (χ3v) is 4.31. The zero-order chi connectivity index (χ0) is 16.7. The number of rotatable bonds is 4. The molecule has 0 aliphatic rings. The molecule has 0 aliphatic carbocycles. The van der Waals surface area contributed by atoms with Crippen molar-refractivity contribution in [2.45, 2.75) is 65.6 Å². The standard InChI is InChI=1S/C18H28NO2Si/c1-11(19)8-13-9-14(18(3,4)5)10-15-16(21-22(6)7)12(2)20-17(13)15/h9-11H,8,19H2,1-7H3. The van der Waals surface area contributed by atoms with E-state index in [1.54, 1.807) is 0 Å². The van der Waals surface area contributed by atoms with Crippen LogP contribution in [-0.4, -0.2) is 15.1 Å². The second kappa shape index (κ2) is 6.09. The van der Waals surface area contributed by atoms with Gasteiger partial charge in [0, 0.05) is 6.04 Å². The highest BCUT2D eigenvalue weighted by Crippen LogP contribution is 2.38. The third-order valence-electron chi connectivity index (χ3n) is 3.70.